The molecule has 0 aromatic carbocycles. The summed E-state index contributed by atoms with van der Waals surface area (Å²) in [6.45, 7) is 9.34. The average molecular weight is 281 g/mol. The molecule has 1 N–H and O–H groups in total. The largest absolute Gasteiger partial charge is 0.372 e. The summed E-state index contributed by atoms with van der Waals surface area (Å²) in [7, 11) is 2.16. The molecule has 1 aromatic rings. The molecule has 1 aliphatic carbocycles. The van der Waals surface area contributed by atoms with Crippen LogP contribution in [0.5, 0.6) is 0 Å². The summed E-state index contributed by atoms with van der Waals surface area (Å²) in [6.07, 6.45) is 2.67. The fourth-order valence-corrected chi connectivity index (χ4v) is 1.94. The van der Waals surface area contributed by atoms with Gasteiger partial charge in [-0.05, 0) is 40.7 Å². The number of ether oxygens (including phenoxy) is 1. The van der Waals surface area contributed by atoms with E-state index < -0.39 is 0 Å². The highest BCUT2D eigenvalue weighted by atomic mass is 16.5. The van der Waals surface area contributed by atoms with Crippen LogP contribution in [-0.4, -0.2) is 41.8 Å². The highest BCUT2D eigenvalue weighted by molar-refractivity contribution is 5.04. The van der Waals surface area contributed by atoms with Gasteiger partial charge in [0.05, 0.1) is 12.3 Å². The molecule has 1 aliphatic rings. The molecule has 114 valence electrons. The average Bonchev–Trinajstić information content (AvgIpc) is 3.12. The lowest BCUT2D eigenvalue weighted by Gasteiger charge is -2.19. The highest BCUT2D eigenvalue weighted by Crippen LogP contribution is 2.24. The van der Waals surface area contributed by atoms with Gasteiger partial charge in [0.15, 0.2) is 5.76 Å². The molecular weight excluding hydrogens is 254 g/mol. The van der Waals surface area contributed by atoms with E-state index in [1.54, 1.807) is 0 Å². The fourth-order valence-electron chi connectivity index (χ4n) is 1.94. The van der Waals surface area contributed by atoms with E-state index in [1.807, 2.05) is 6.07 Å². The van der Waals surface area contributed by atoms with Crippen LogP contribution in [0.1, 0.15) is 45.1 Å². The Labute approximate surface area is 121 Å². The Morgan fingerprint density at radius 2 is 2.20 bits per heavy atom. The Morgan fingerprint density at radius 1 is 1.45 bits per heavy atom. The van der Waals surface area contributed by atoms with E-state index in [-0.39, 0.29) is 5.54 Å². The molecule has 0 unspecified atom stereocenters. The molecule has 1 saturated carbocycles. The molecule has 1 heterocycles. The van der Waals surface area contributed by atoms with Crippen LogP contribution in [-0.2, 0) is 17.9 Å². The summed E-state index contributed by atoms with van der Waals surface area (Å²) < 4.78 is 10.9. The van der Waals surface area contributed by atoms with Crippen LogP contribution in [0.2, 0.25) is 0 Å². The summed E-state index contributed by atoms with van der Waals surface area (Å²) in [5.41, 5.74) is 1.01. The van der Waals surface area contributed by atoms with Gasteiger partial charge in [-0.3, -0.25) is 0 Å². The number of likely N-dealkylation sites (N-methyl/N-ethyl adjacent to an activating group) is 1. The molecule has 0 saturated heterocycles. The minimum Gasteiger partial charge on any atom is -0.372 e. The number of nitrogens with zero attached hydrogens (tertiary/aromatic N) is 2. The van der Waals surface area contributed by atoms with E-state index in [2.05, 4.69) is 43.2 Å². The van der Waals surface area contributed by atoms with Crippen LogP contribution in [0.15, 0.2) is 10.6 Å². The van der Waals surface area contributed by atoms with Crippen molar-refractivity contribution < 1.29 is 9.26 Å². The van der Waals surface area contributed by atoms with Crippen molar-refractivity contribution in [3.63, 3.8) is 0 Å². The smallest absolute Gasteiger partial charge is 0.162 e. The second-order valence-electron chi connectivity index (χ2n) is 6.65. The van der Waals surface area contributed by atoms with E-state index in [0.29, 0.717) is 6.61 Å². The SMILES string of the molecule is CN(CCOCc1cc(CNC(C)(C)C)no1)C1CC1. The first-order valence-electron chi connectivity index (χ1n) is 7.41. The van der Waals surface area contributed by atoms with Gasteiger partial charge in [0, 0.05) is 30.7 Å². The maximum atomic E-state index is 5.63. The van der Waals surface area contributed by atoms with Gasteiger partial charge in [-0.2, -0.15) is 0 Å². The Kier molecular flexibility index (Phi) is 5.18. The van der Waals surface area contributed by atoms with Crippen molar-refractivity contribution in [3.05, 3.63) is 17.5 Å². The third kappa shape index (κ3) is 5.61. The fraction of sp³-hybridized carbons (Fsp3) is 0.800. The van der Waals surface area contributed by atoms with Crippen LogP contribution in [0, 0.1) is 0 Å². The number of hydrogen-bond donors (Lipinski definition) is 1. The summed E-state index contributed by atoms with van der Waals surface area (Å²) in [6, 6.07) is 2.75. The van der Waals surface area contributed by atoms with Gasteiger partial charge in [0.2, 0.25) is 0 Å². The van der Waals surface area contributed by atoms with Crippen LogP contribution < -0.4 is 5.32 Å². The summed E-state index contributed by atoms with van der Waals surface area (Å²) in [4.78, 5) is 2.36. The van der Waals surface area contributed by atoms with Crippen molar-refractivity contribution in [2.24, 2.45) is 0 Å². The van der Waals surface area contributed by atoms with Crippen molar-refractivity contribution >= 4 is 0 Å². The molecule has 20 heavy (non-hydrogen) atoms. The maximum Gasteiger partial charge on any atom is 0.162 e. The van der Waals surface area contributed by atoms with Crippen molar-refractivity contribution in [2.45, 2.75) is 58.3 Å². The Balaban J connectivity index is 1.62. The van der Waals surface area contributed by atoms with Gasteiger partial charge in [-0.1, -0.05) is 5.16 Å². The van der Waals surface area contributed by atoms with Gasteiger partial charge in [0.25, 0.3) is 0 Å². The van der Waals surface area contributed by atoms with Crippen LogP contribution in [0.4, 0.5) is 0 Å². The van der Waals surface area contributed by atoms with E-state index in [4.69, 9.17) is 9.26 Å². The molecule has 0 radical (unpaired) electrons. The lowest BCUT2D eigenvalue weighted by molar-refractivity contribution is 0.0824. The number of aromatic nitrogens is 1. The molecule has 5 heteroatoms. The van der Waals surface area contributed by atoms with Crippen LogP contribution >= 0.6 is 0 Å². The van der Waals surface area contributed by atoms with Crippen LogP contribution in [0.25, 0.3) is 0 Å². The van der Waals surface area contributed by atoms with Gasteiger partial charge < -0.3 is 19.5 Å². The monoisotopic (exact) mass is 281 g/mol. The summed E-state index contributed by atoms with van der Waals surface area (Å²) >= 11 is 0. The summed E-state index contributed by atoms with van der Waals surface area (Å²) in [5.74, 6) is 0.796. The molecular formula is C15H27N3O2. The predicted octanol–water partition coefficient (Wildman–Crippen LogP) is 2.17. The van der Waals surface area contributed by atoms with Crippen LogP contribution in [0.3, 0.4) is 0 Å². The zero-order chi connectivity index (χ0) is 14.6. The molecule has 0 spiro atoms. The topological polar surface area (TPSA) is 50.5 Å². The highest BCUT2D eigenvalue weighted by Gasteiger charge is 2.25. The quantitative estimate of drug-likeness (QED) is 0.740. The second-order valence-corrected chi connectivity index (χ2v) is 6.65. The van der Waals surface area contributed by atoms with Gasteiger partial charge in [-0.15, -0.1) is 0 Å². The van der Waals surface area contributed by atoms with E-state index >= 15 is 0 Å². The summed E-state index contributed by atoms with van der Waals surface area (Å²) in [5, 5.41) is 7.43. The molecule has 5 nitrogen and oxygen atoms in total. The number of rotatable bonds is 8. The molecule has 0 atom stereocenters. The number of nitrogens with one attached hydrogen (secondary N) is 1. The first kappa shape index (κ1) is 15.5. The minimum absolute atomic E-state index is 0.0863. The third-order valence-corrected chi connectivity index (χ3v) is 3.41. The second kappa shape index (κ2) is 6.70. The van der Waals surface area contributed by atoms with Crippen molar-refractivity contribution in [2.75, 3.05) is 20.2 Å². The lowest BCUT2D eigenvalue weighted by atomic mass is 10.1. The molecule has 0 aliphatic heterocycles. The van der Waals surface area contributed by atoms with Gasteiger partial charge >= 0.3 is 0 Å². The number of hydrogen-bond acceptors (Lipinski definition) is 5. The standard InChI is InChI=1S/C15H27N3O2/c1-15(2,3)16-10-12-9-14(20-17-12)11-19-8-7-18(4)13-5-6-13/h9,13,16H,5-8,10-11H2,1-4H3. The molecule has 1 fully saturated rings. The van der Waals surface area contributed by atoms with E-state index in [9.17, 15) is 0 Å². The Bertz CT molecular complexity index is 407. The molecule has 2 rings (SSSR count). The Hall–Kier alpha value is -0.910. The first-order valence-corrected chi connectivity index (χ1v) is 7.41. The molecule has 0 amide bonds. The zero-order valence-electron chi connectivity index (χ0n) is 13.1. The predicted molar refractivity (Wildman–Crippen MR) is 78.4 cm³/mol. The molecule has 1 aromatic heterocycles. The lowest BCUT2D eigenvalue weighted by Crippen LogP contribution is -2.35. The third-order valence-electron chi connectivity index (χ3n) is 3.41. The maximum absolute atomic E-state index is 5.63. The van der Waals surface area contributed by atoms with E-state index in [1.165, 1.54) is 12.8 Å². The Morgan fingerprint density at radius 3 is 2.85 bits per heavy atom. The van der Waals surface area contributed by atoms with Gasteiger partial charge in [0.1, 0.15) is 6.61 Å². The van der Waals surface area contributed by atoms with E-state index in [0.717, 1.165) is 37.2 Å². The molecule has 0 bridgehead atoms. The van der Waals surface area contributed by atoms with Gasteiger partial charge in [-0.25, -0.2) is 0 Å². The normalized spacial score (nSPS) is 16.1. The van der Waals surface area contributed by atoms with Crippen molar-refractivity contribution in [3.8, 4) is 0 Å². The first-order chi connectivity index (χ1) is 9.44. The zero-order valence-corrected chi connectivity index (χ0v) is 13.1. The van der Waals surface area contributed by atoms with Crippen molar-refractivity contribution in [1.82, 2.24) is 15.4 Å². The minimum atomic E-state index is 0.0863. The van der Waals surface area contributed by atoms with Crippen molar-refractivity contribution in [1.29, 1.82) is 0 Å².